The Morgan fingerprint density at radius 1 is 1.33 bits per heavy atom. The van der Waals surface area contributed by atoms with Crippen LogP contribution in [-0.2, 0) is 0 Å². The topological polar surface area (TPSA) is 106 Å². The summed E-state index contributed by atoms with van der Waals surface area (Å²) in [6, 6.07) is 0. The molecule has 6 nitrogen and oxygen atoms in total. The predicted molar refractivity (Wildman–Crippen MR) is 47.8 cm³/mol. The molecule has 5 N–H and O–H groups in total. The van der Waals surface area contributed by atoms with Crippen molar-refractivity contribution in [2.45, 2.75) is 0 Å². The van der Waals surface area contributed by atoms with E-state index in [1.807, 2.05) is 0 Å². The Labute approximate surface area is 73.8 Å². The van der Waals surface area contributed by atoms with Gasteiger partial charge >= 0.3 is 0 Å². The molecule has 0 bridgehead atoms. The Morgan fingerprint density at radius 2 is 2.08 bits per heavy atom. The predicted octanol–water partition coefficient (Wildman–Crippen LogP) is -0.0609. The lowest BCUT2D eigenvalue weighted by atomic mass is 10.4. The summed E-state index contributed by atoms with van der Waals surface area (Å²) in [6.45, 7) is 0. The molecule has 0 aliphatic carbocycles. The molecule has 0 aliphatic rings. The molecule has 0 amide bonds. The summed E-state index contributed by atoms with van der Waals surface area (Å²) < 4.78 is 0. The molecular formula is C5H7ClN6. The van der Waals surface area contributed by atoms with E-state index in [0.29, 0.717) is 16.9 Å². The molecule has 0 aliphatic heterocycles. The molecule has 64 valence electrons. The molecule has 2 aromatic rings. The van der Waals surface area contributed by atoms with Crippen molar-refractivity contribution in [3.05, 3.63) is 6.20 Å². The van der Waals surface area contributed by atoms with Crippen molar-refractivity contribution < 1.29 is 0 Å². The fraction of sp³-hybridized carbons (Fsp3) is 0. The lowest BCUT2D eigenvalue weighted by molar-refractivity contribution is 1.10. The van der Waals surface area contributed by atoms with E-state index >= 15 is 0 Å². The monoisotopic (exact) mass is 186 g/mol. The molecule has 7 heteroatoms. The maximum Gasteiger partial charge on any atom is 0.222 e. The smallest absolute Gasteiger partial charge is 0.222 e. The van der Waals surface area contributed by atoms with Crippen LogP contribution in [0.2, 0.25) is 0 Å². The zero-order valence-corrected chi connectivity index (χ0v) is 6.80. The lowest BCUT2D eigenvalue weighted by Crippen LogP contribution is -1.93. The number of aromatic nitrogens is 4. The molecule has 2 rings (SSSR count). The van der Waals surface area contributed by atoms with Crippen molar-refractivity contribution >= 4 is 35.2 Å². The van der Waals surface area contributed by atoms with Crippen LogP contribution in [0, 0.1) is 0 Å². The summed E-state index contributed by atoms with van der Waals surface area (Å²) in [5.41, 5.74) is 11.3. The van der Waals surface area contributed by atoms with Gasteiger partial charge in [-0.25, -0.2) is 4.98 Å². The van der Waals surface area contributed by atoms with E-state index in [1.54, 1.807) is 0 Å². The van der Waals surface area contributed by atoms with Crippen LogP contribution in [0.4, 0.5) is 11.8 Å². The number of aromatic amines is 1. The Bertz CT molecular complexity index is 396. The van der Waals surface area contributed by atoms with E-state index in [-0.39, 0.29) is 18.4 Å². The maximum absolute atomic E-state index is 5.49. The number of nitrogens with two attached hydrogens (primary N) is 2. The average molecular weight is 187 g/mol. The van der Waals surface area contributed by atoms with Crippen LogP contribution in [-0.4, -0.2) is 20.2 Å². The fourth-order valence-corrected chi connectivity index (χ4v) is 0.835. The number of H-pyrrole nitrogens is 1. The second-order valence-corrected chi connectivity index (χ2v) is 2.10. The van der Waals surface area contributed by atoms with Gasteiger partial charge in [0, 0.05) is 6.20 Å². The molecule has 2 aromatic heterocycles. The minimum atomic E-state index is 0. The molecule has 0 radical (unpaired) electrons. The maximum atomic E-state index is 5.49. The van der Waals surface area contributed by atoms with Gasteiger partial charge in [0.25, 0.3) is 0 Å². The molecule has 0 fully saturated rings. The highest BCUT2D eigenvalue weighted by atomic mass is 35.5. The summed E-state index contributed by atoms with van der Waals surface area (Å²) in [6.07, 6.45) is 1.54. The van der Waals surface area contributed by atoms with Gasteiger partial charge in [0.1, 0.15) is 5.82 Å². The van der Waals surface area contributed by atoms with Crippen LogP contribution in [0.3, 0.4) is 0 Å². The number of rotatable bonds is 0. The van der Waals surface area contributed by atoms with Crippen LogP contribution < -0.4 is 11.5 Å². The largest absolute Gasteiger partial charge is 0.383 e. The summed E-state index contributed by atoms with van der Waals surface area (Å²) in [7, 11) is 0. The van der Waals surface area contributed by atoms with Gasteiger partial charge in [0.05, 0.1) is 5.39 Å². The Balaban J connectivity index is 0.000000720. The quantitative estimate of drug-likeness (QED) is 0.534. The third-order valence-corrected chi connectivity index (χ3v) is 1.36. The molecule has 0 atom stereocenters. The van der Waals surface area contributed by atoms with Gasteiger partial charge in [-0.05, 0) is 0 Å². The Morgan fingerprint density at radius 3 is 2.83 bits per heavy atom. The lowest BCUT2D eigenvalue weighted by Gasteiger charge is -1.88. The number of nitrogen functional groups attached to an aromatic ring is 2. The summed E-state index contributed by atoms with van der Waals surface area (Å²) >= 11 is 0. The van der Waals surface area contributed by atoms with Gasteiger partial charge in [-0.15, -0.1) is 12.4 Å². The first kappa shape index (κ1) is 8.54. The normalized spacial score (nSPS) is 9.67. The van der Waals surface area contributed by atoms with Gasteiger partial charge in [-0.1, -0.05) is 0 Å². The van der Waals surface area contributed by atoms with Crippen LogP contribution >= 0.6 is 12.4 Å². The molecule has 0 saturated carbocycles. The first-order chi connectivity index (χ1) is 5.27. The molecule has 2 heterocycles. The number of nitrogens with zero attached hydrogens (tertiary/aromatic N) is 3. The second-order valence-electron chi connectivity index (χ2n) is 2.10. The Hall–Kier alpha value is -1.56. The van der Waals surface area contributed by atoms with Gasteiger partial charge < -0.3 is 11.5 Å². The SMILES string of the molecule is Cl.Nc1ncc2c(N)[nH]nc2n1. The van der Waals surface area contributed by atoms with Crippen LogP contribution in [0.15, 0.2) is 6.20 Å². The van der Waals surface area contributed by atoms with Gasteiger partial charge in [-0.2, -0.15) is 10.1 Å². The van der Waals surface area contributed by atoms with E-state index in [9.17, 15) is 0 Å². The first-order valence-electron chi connectivity index (χ1n) is 2.99. The molecule has 0 saturated heterocycles. The number of halogens is 1. The minimum Gasteiger partial charge on any atom is -0.383 e. The second kappa shape index (κ2) is 2.82. The molecule has 0 unspecified atom stereocenters. The highest BCUT2D eigenvalue weighted by Crippen LogP contribution is 2.13. The number of hydrogen-bond acceptors (Lipinski definition) is 5. The van der Waals surface area contributed by atoms with Crippen molar-refractivity contribution in [2.75, 3.05) is 11.5 Å². The standard InChI is InChI=1S/C5H6N6.ClH/c6-3-2-1-8-5(7)9-4(2)11-10-3;/h1H,(H5,6,7,8,9,10,11);1H. The van der Waals surface area contributed by atoms with Crippen molar-refractivity contribution in [3.8, 4) is 0 Å². The number of hydrogen-bond donors (Lipinski definition) is 3. The van der Waals surface area contributed by atoms with E-state index in [1.165, 1.54) is 6.20 Å². The molecule has 0 aromatic carbocycles. The highest BCUT2D eigenvalue weighted by molar-refractivity contribution is 5.85. The van der Waals surface area contributed by atoms with Crippen molar-refractivity contribution in [2.24, 2.45) is 0 Å². The van der Waals surface area contributed by atoms with Gasteiger partial charge in [0.2, 0.25) is 5.95 Å². The van der Waals surface area contributed by atoms with E-state index in [4.69, 9.17) is 11.5 Å². The Kier molecular flexibility index (Phi) is 2.01. The fourth-order valence-electron chi connectivity index (χ4n) is 0.835. The van der Waals surface area contributed by atoms with Gasteiger partial charge in [-0.3, -0.25) is 5.10 Å². The number of anilines is 2. The first-order valence-corrected chi connectivity index (χ1v) is 2.99. The van der Waals surface area contributed by atoms with Crippen molar-refractivity contribution in [1.29, 1.82) is 0 Å². The van der Waals surface area contributed by atoms with E-state index in [2.05, 4.69) is 20.2 Å². The summed E-state index contributed by atoms with van der Waals surface area (Å²) in [4.78, 5) is 7.61. The number of nitrogens with one attached hydrogen (secondary N) is 1. The highest BCUT2D eigenvalue weighted by Gasteiger charge is 2.02. The molecule has 12 heavy (non-hydrogen) atoms. The number of fused-ring (bicyclic) bond motifs is 1. The zero-order chi connectivity index (χ0) is 7.84. The molecule has 0 spiro atoms. The average Bonchev–Trinajstić information content (AvgIpc) is 2.32. The third kappa shape index (κ3) is 1.12. The molecular weight excluding hydrogens is 180 g/mol. The van der Waals surface area contributed by atoms with Crippen molar-refractivity contribution in [1.82, 2.24) is 20.2 Å². The zero-order valence-electron chi connectivity index (χ0n) is 5.98. The summed E-state index contributed by atoms with van der Waals surface area (Å²) in [5, 5.41) is 7.07. The minimum absolute atomic E-state index is 0. The van der Waals surface area contributed by atoms with Crippen LogP contribution in [0.25, 0.3) is 11.0 Å². The van der Waals surface area contributed by atoms with E-state index in [0.717, 1.165) is 0 Å². The van der Waals surface area contributed by atoms with Gasteiger partial charge in [0.15, 0.2) is 5.65 Å². The van der Waals surface area contributed by atoms with E-state index < -0.39 is 0 Å². The van der Waals surface area contributed by atoms with Crippen LogP contribution in [0.5, 0.6) is 0 Å². The van der Waals surface area contributed by atoms with Crippen molar-refractivity contribution in [3.63, 3.8) is 0 Å². The third-order valence-electron chi connectivity index (χ3n) is 1.36. The van der Waals surface area contributed by atoms with Crippen LogP contribution in [0.1, 0.15) is 0 Å². The summed E-state index contributed by atoms with van der Waals surface area (Å²) in [5.74, 6) is 0.656.